The number of rotatable bonds is 8. The van der Waals surface area contributed by atoms with E-state index in [0.29, 0.717) is 18.5 Å². The van der Waals surface area contributed by atoms with Crippen LogP contribution in [0.15, 0.2) is 90.2 Å². The monoisotopic (exact) mass is 446 g/mol. The van der Waals surface area contributed by atoms with Crippen LogP contribution in [-0.2, 0) is 27.8 Å². The van der Waals surface area contributed by atoms with Crippen LogP contribution in [0.3, 0.4) is 0 Å². The predicted molar refractivity (Wildman–Crippen MR) is 123 cm³/mol. The molecule has 0 saturated heterocycles. The molecule has 2 N–H and O–H groups in total. The Balaban J connectivity index is 1.31. The molecular weight excluding hydrogens is 424 g/mol. The molecule has 4 aromatic rings. The van der Waals surface area contributed by atoms with E-state index in [4.69, 9.17) is 0 Å². The third kappa shape index (κ3) is 5.54. The number of pyridine rings is 2. The Hall–Kier alpha value is -3.62. The number of sulfonamides is 1. The van der Waals surface area contributed by atoms with Gasteiger partial charge in [-0.25, -0.2) is 13.1 Å². The van der Waals surface area contributed by atoms with E-state index in [2.05, 4.69) is 20.0 Å². The molecule has 0 radical (unpaired) electrons. The minimum absolute atomic E-state index is 0.105. The maximum absolute atomic E-state index is 12.5. The van der Waals surface area contributed by atoms with Crippen molar-refractivity contribution in [3.05, 3.63) is 96.6 Å². The third-order valence-electron chi connectivity index (χ3n) is 4.97. The van der Waals surface area contributed by atoms with Crippen molar-refractivity contribution in [2.75, 3.05) is 5.32 Å². The number of benzene rings is 2. The number of nitrogens with one attached hydrogen (secondary N) is 2. The highest BCUT2D eigenvalue weighted by Gasteiger charge is 2.14. The maximum atomic E-state index is 12.5. The second kappa shape index (κ2) is 9.67. The molecule has 4 rings (SSSR count). The number of anilines is 1. The molecule has 1 amide bonds. The van der Waals surface area contributed by atoms with E-state index in [-0.39, 0.29) is 17.3 Å². The van der Waals surface area contributed by atoms with E-state index < -0.39 is 10.0 Å². The summed E-state index contributed by atoms with van der Waals surface area (Å²) in [5.74, 6) is -0.105. The minimum Gasteiger partial charge on any atom is -0.326 e. The van der Waals surface area contributed by atoms with Gasteiger partial charge in [-0.15, -0.1) is 0 Å². The third-order valence-corrected chi connectivity index (χ3v) is 6.39. The maximum Gasteiger partial charge on any atom is 0.240 e. The molecule has 0 bridgehead atoms. The van der Waals surface area contributed by atoms with Crippen LogP contribution in [0.2, 0.25) is 0 Å². The van der Waals surface area contributed by atoms with Crippen molar-refractivity contribution in [3.8, 4) is 0 Å². The SMILES string of the molecule is O=C(CCc1ccc(S(=O)(=O)NCc2ccccn2)cc1)Nc1ccc2cnccc2c1. The fourth-order valence-corrected chi connectivity index (χ4v) is 4.23. The topological polar surface area (TPSA) is 101 Å². The van der Waals surface area contributed by atoms with Crippen molar-refractivity contribution in [3.63, 3.8) is 0 Å². The zero-order valence-corrected chi connectivity index (χ0v) is 18.0. The second-order valence-electron chi connectivity index (χ2n) is 7.28. The van der Waals surface area contributed by atoms with Gasteiger partial charge in [-0.1, -0.05) is 24.3 Å². The van der Waals surface area contributed by atoms with Gasteiger partial charge in [0.05, 0.1) is 17.1 Å². The first-order chi connectivity index (χ1) is 15.5. The Labute approximate surface area is 186 Å². The van der Waals surface area contributed by atoms with Gasteiger partial charge < -0.3 is 5.32 Å². The molecule has 0 spiro atoms. The highest BCUT2D eigenvalue weighted by molar-refractivity contribution is 7.89. The van der Waals surface area contributed by atoms with Gasteiger partial charge in [0.25, 0.3) is 0 Å². The van der Waals surface area contributed by atoms with Crippen LogP contribution < -0.4 is 10.0 Å². The van der Waals surface area contributed by atoms with Crippen LogP contribution in [0.25, 0.3) is 10.8 Å². The van der Waals surface area contributed by atoms with Crippen LogP contribution in [0.1, 0.15) is 17.7 Å². The summed E-state index contributed by atoms with van der Waals surface area (Å²) in [6.45, 7) is 0.121. The van der Waals surface area contributed by atoms with Gasteiger partial charge in [0.15, 0.2) is 0 Å². The largest absolute Gasteiger partial charge is 0.326 e. The van der Waals surface area contributed by atoms with Gasteiger partial charge in [0.2, 0.25) is 15.9 Å². The summed E-state index contributed by atoms with van der Waals surface area (Å²) >= 11 is 0. The summed E-state index contributed by atoms with van der Waals surface area (Å²) in [6.07, 6.45) is 5.90. The molecular formula is C24H22N4O3S. The molecule has 0 unspecified atom stereocenters. The van der Waals surface area contributed by atoms with Gasteiger partial charge in [-0.05, 0) is 59.8 Å². The van der Waals surface area contributed by atoms with Crippen LogP contribution in [0.4, 0.5) is 5.69 Å². The molecule has 2 aromatic heterocycles. The Morgan fingerprint density at radius 2 is 1.75 bits per heavy atom. The molecule has 8 heteroatoms. The van der Waals surface area contributed by atoms with Crippen LogP contribution in [0.5, 0.6) is 0 Å². The van der Waals surface area contributed by atoms with Gasteiger partial charge in [-0.3, -0.25) is 14.8 Å². The first-order valence-electron chi connectivity index (χ1n) is 10.1. The van der Waals surface area contributed by atoms with Crippen molar-refractivity contribution in [1.82, 2.24) is 14.7 Å². The highest BCUT2D eigenvalue weighted by atomic mass is 32.2. The number of nitrogens with zero attached hydrogens (tertiary/aromatic N) is 2. The average molecular weight is 447 g/mol. The number of aryl methyl sites for hydroxylation is 1. The molecule has 162 valence electrons. The summed E-state index contributed by atoms with van der Waals surface area (Å²) in [5, 5.41) is 4.92. The zero-order chi connectivity index (χ0) is 22.4. The second-order valence-corrected chi connectivity index (χ2v) is 9.04. The van der Waals surface area contributed by atoms with E-state index in [1.54, 1.807) is 61.1 Å². The molecule has 32 heavy (non-hydrogen) atoms. The molecule has 0 aliphatic rings. The zero-order valence-electron chi connectivity index (χ0n) is 17.2. The van der Waals surface area contributed by atoms with E-state index >= 15 is 0 Å². The van der Waals surface area contributed by atoms with Crippen molar-refractivity contribution in [2.45, 2.75) is 24.3 Å². The first-order valence-corrected chi connectivity index (χ1v) is 11.6. The molecule has 0 atom stereocenters. The summed E-state index contributed by atoms with van der Waals surface area (Å²) in [5.41, 5.74) is 2.25. The van der Waals surface area contributed by atoms with Crippen LogP contribution >= 0.6 is 0 Å². The smallest absolute Gasteiger partial charge is 0.240 e. The van der Waals surface area contributed by atoms with Gasteiger partial charge in [-0.2, -0.15) is 0 Å². The van der Waals surface area contributed by atoms with E-state index in [9.17, 15) is 13.2 Å². The number of carbonyl (C=O) groups excluding carboxylic acids is 1. The van der Waals surface area contributed by atoms with E-state index in [1.807, 2.05) is 24.3 Å². The number of amides is 1. The van der Waals surface area contributed by atoms with Crippen LogP contribution in [-0.4, -0.2) is 24.3 Å². The number of hydrogen-bond donors (Lipinski definition) is 2. The fourth-order valence-electron chi connectivity index (χ4n) is 3.23. The number of aromatic nitrogens is 2. The standard InChI is InChI=1S/C24H22N4O3S/c29-24(28-21-8-7-20-16-25-14-12-19(20)15-21)11-6-18-4-9-23(10-5-18)32(30,31)27-17-22-3-1-2-13-26-22/h1-5,7-10,12-16,27H,6,11,17H2,(H,28,29). The summed E-state index contributed by atoms with van der Waals surface area (Å²) in [4.78, 5) is 20.7. The average Bonchev–Trinajstić information content (AvgIpc) is 2.82. The Kier molecular flexibility index (Phi) is 6.53. The quantitative estimate of drug-likeness (QED) is 0.430. The molecule has 0 aliphatic heterocycles. The van der Waals surface area contributed by atoms with Gasteiger partial charge in [0, 0.05) is 36.1 Å². The molecule has 2 aromatic carbocycles. The lowest BCUT2D eigenvalue weighted by atomic mass is 10.1. The normalized spacial score (nSPS) is 11.4. The molecule has 7 nitrogen and oxygen atoms in total. The lowest BCUT2D eigenvalue weighted by Gasteiger charge is -2.08. The molecule has 0 aliphatic carbocycles. The van der Waals surface area contributed by atoms with Crippen molar-refractivity contribution in [1.29, 1.82) is 0 Å². The Morgan fingerprint density at radius 1 is 0.906 bits per heavy atom. The van der Waals surface area contributed by atoms with Crippen molar-refractivity contribution in [2.24, 2.45) is 0 Å². The number of hydrogen-bond acceptors (Lipinski definition) is 5. The summed E-state index contributed by atoms with van der Waals surface area (Å²) in [7, 11) is -3.64. The van der Waals surface area contributed by atoms with E-state index in [1.165, 1.54) is 0 Å². The van der Waals surface area contributed by atoms with Gasteiger partial charge >= 0.3 is 0 Å². The van der Waals surface area contributed by atoms with Crippen molar-refractivity contribution < 1.29 is 13.2 Å². The Morgan fingerprint density at radius 3 is 2.53 bits per heavy atom. The van der Waals surface area contributed by atoms with Gasteiger partial charge in [0.1, 0.15) is 0 Å². The lowest BCUT2D eigenvalue weighted by Crippen LogP contribution is -2.23. The molecule has 2 heterocycles. The highest BCUT2D eigenvalue weighted by Crippen LogP contribution is 2.18. The van der Waals surface area contributed by atoms with E-state index in [0.717, 1.165) is 22.0 Å². The predicted octanol–water partition coefficient (Wildman–Crippen LogP) is 3.68. The Bertz CT molecular complexity index is 1320. The van der Waals surface area contributed by atoms with Crippen LogP contribution in [0, 0.1) is 0 Å². The number of fused-ring (bicyclic) bond motifs is 1. The molecule has 0 fully saturated rings. The first kappa shape index (κ1) is 21.6. The minimum atomic E-state index is -3.64. The number of carbonyl (C=O) groups is 1. The lowest BCUT2D eigenvalue weighted by molar-refractivity contribution is -0.116. The summed E-state index contributed by atoms with van der Waals surface area (Å²) < 4.78 is 27.5. The fraction of sp³-hybridized carbons (Fsp3) is 0.125. The van der Waals surface area contributed by atoms with Crippen molar-refractivity contribution >= 4 is 32.4 Å². The summed E-state index contributed by atoms with van der Waals surface area (Å²) in [6, 6.07) is 19.5. The molecule has 0 saturated carbocycles.